The number of carbonyl (C=O) groups excluding carboxylic acids is 2. The van der Waals surface area contributed by atoms with E-state index >= 15 is 0 Å². The maximum atomic E-state index is 12.8. The van der Waals surface area contributed by atoms with Crippen LogP contribution >= 0.6 is 0 Å². The first kappa shape index (κ1) is 22.1. The number of piperidine rings is 1. The molecule has 2 aliphatic heterocycles. The van der Waals surface area contributed by atoms with Crippen LogP contribution in [0, 0.1) is 5.92 Å². The Morgan fingerprint density at radius 2 is 1.61 bits per heavy atom. The van der Waals surface area contributed by atoms with Gasteiger partial charge < -0.3 is 19.4 Å². The fourth-order valence-corrected chi connectivity index (χ4v) is 5.15. The quantitative estimate of drug-likeness (QED) is 0.719. The maximum absolute atomic E-state index is 12.8. The van der Waals surface area contributed by atoms with Crippen molar-refractivity contribution in [2.24, 2.45) is 5.92 Å². The summed E-state index contributed by atoms with van der Waals surface area (Å²) in [6.45, 7) is 8.03. The molecule has 2 saturated heterocycles. The van der Waals surface area contributed by atoms with Crippen LogP contribution in [-0.2, 0) is 9.59 Å². The molecule has 31 heavy (non-hydrogen) atoms. The Morgan fingerprint density at radius 1 is 0.935 bits per heavy atom. The predicted molar refractivity (Wildman–Crippen MR) is 122 cm³/mol. The predicted octanol–water partition coefficient (Wildman–Crippen LogP) is 3.69. The summed E-state index contributed by atoms with van der Waals surface area (Å²) < 4.78 is 6.19. The Balaban J connectivity index is 1.28. The summed E-state index contributed by atoms with van der Waals surface area (Å²) in [5.74, 6) is 1.17. The lowest BCUT2D eigenvalue weighted by Gasteiger charge is -2.37. The first-order valence-electron chi connectivity index (χ1n) is 12.1. The molecule has 2 amide bonds. The van der Waals surface area contributed by atoms with Crippen molar-refractivity contribution in [1.82, 2.24) is 9.80 Å². The van der Waals surface area contributed by atoms with Gasteiger partial charge in [-0.2, -0.15) is 0 Å². The van der Waals surface area contributed by atoms with Crippen molar-refractivity contribution < 1.29 is 14.3 Å². The van der Waals surface area contributed by atoms with Crippen LogP contribution in [0.3, 0.4) is 0 Å². The van der Waals surface area contributed by atoms with Gasteiger partial charge in [-0.1, -0.05) is 19.3 Å². The molecule has 4 rings (SSSR count). The van der Waals surface area contributed by atoms with Crippen molar-refractivity contribution in [1.29, 1.82) is 0 Å². The lowest BCUT2D eigenvalue weighted by atomic mass is 9.88. The van der Waals surface area contributed by atoms with E-state index < -0.39 is 0 Å². The van der Waals surface area contributed by atoms with E-state index in [1.165, 1.54) is 6.42 Å². The third-order valence-corrected chi connectivity index (χ3v) is 7.14. The minimum absolute atomic E-state index is 0.00475. The summed E-state index contributed by atoms with van der Waals surface area (Å²) in [6.07, 6.45) is 7.82. The number of hydrogen-bond acceptors (Lipinski definition) is 4. The SMILES string of the molecule is CC(C)N1CCC(Oc2ccc(N3CCN(C(=O)C4CCCCC4)CC3=O)cc2)CC1. The van der Waals surface area contributed by atoms with Gasteiger partial charge >= 0.3 is 0 Å². The zero-order valence-electron chi connectivity index (χ0n) is 19.1. The van der Waals surface area contributed by atoms with E-state index in [9.17, 15) is 9.59 Å². The number of anilines is 1. The molecular weight excluding hydrogens is 390 g/mol. The number of benzene rings is 1. The molecule has 0 bridgehead atoms. The normalized spacial score (nSPS) is 22.2. The van der Waals surface area contributed by atoms with Gasteiger partial charge in [-0.3, -0.25) is 9.59 Å². The summed E-state index contributed by atoms with van der Waals surface area (Å²) in [7, 11) is 0. The summed E-state index contributed by atoms with van der Waals surface area (Å²) in [5.41, 5.74) is 0.886. The molecule has 0 unspecified atom stereocenters. The van der Waals surface area contributed by atoms with Gasteiger partial charge in [0, 0.05) is 43.8 Å². The zero-order valence-corrected chi connectivity index (χ0v) is 19.1. The zero-order chi connectivity index (χ0) is 21.8. The molecule has 0 radical (unpaired) electrons. The van der Waals surface area contributed by atoms with Crippen LogP contribution in [0.5, 0.6) is 5.75 Å². The lowest BCUT2D eigenvalue weighted by Crippen LogP contribution is -2.53. The van der Waals surface area contributed by atoms with Crippen molar-refractivity contribution in [2.45, 2.75) is 70.9 Å². The molecule has 170 valence electrons. The molecule has 1 saturated carbocycles. The van der Waals surface area contributed by atoms with Crippen molar-refractivity contribution in [3.05, 3.63) is 24.3 Å². The van der Waals surface area contributed by atoms with Crippen molar-refractivity contribution >= 4 is 17.5 Å². The van der Waals surface area contributed by atoms with Crippen LogP contribution in [-0.4, -0.2) is 66.5 Å². The van der Waals surface area contributed by atoms with E-state index in [0.717, 1.165) is 63.1 Å². The smallest absolute Gasteiger partial charge is 0.246 e. The highest BCUT2D eigenvalue weighted by Gasteiger charge is 2.32. The summed E-state index contributed by atoms with van der Waals surface area (Å²) in [6, 6.07) is 8.47. The highest BCUT2D eigenvalue weighted by Crippen LogP contribution is 2.28. The van der Waals surface area contributed by atoms with E-state index in [2.05, 4.69) is 18.7 Å². The first-order chi connectivity index (χ1) is 15.0. The van der Waals surface area contributed by atoms with Gasteiger partial charge in [0.15, 0.2) is 0 Å². The Bertz CT molecular complexity index is 750. The number of carbonyl (C=O) groups is 2. The third kappa shape index (κ3) is 5.40. The fraction of sp³-hybridized carbons (Fsp3) is 0.680. The molecule has 1 aliphatic carbocycles. The Hall–Kier alpha value is -2.08. The van der Waals surface area contributed by atoms with Crippen LogP contribution in [0.2, 0.25) is 0 Å². The van der Waals surface area contributed by atoms with Crippen LogP contribution in [0.15, 0.2) is 24.3 Å². The van der Waals surface area contributed by atoms with Crippen LogP contribution in [0.4, 0.5) is 5.69 Å². The standard InChI is InChI=1S/C25H37N3O3/c1-19(2)26-14-12-23(13-15-26)31-22-10-8-21(9-11-22)28-17-16-27(18-24(28)29)25(30)20-6-4-3-5-7-20/h8-11,19-20,23H,3-7,12-18H2,1-2H3. The molecule has 3 fully saturated rings. The number of likely N-dealkylation sites (tertiary alicyclic amines) is 1. The highest BCUT2D eigenvalue weighted by molar-refractivity contribution is 5.98. The largest absolute Gasteiger partial charge is 0.490 e. The Labute approximate surface area is 186 Å². The average molecular weight is 428 g/mol. The minimum Gasteiger partial charge on any atom is -0.490 e. The van der Waals surface area contributed by atoms with Crippen molar-refractivity contribution in [3.8, 4) is 5.75 Å². The van der Waals surface area contributed by atoms with Gasteiger partial charge in [0.1, 0.15) is 18.4 Å². The van der Waals surface area contributed by atoms with Crippen LogP contribution in [0.25, 0.3) is 0 Å². The molecule has 6 nitrogen and oxygen atoms in total. The van der Waals surface area contributed by atoms with Crippen LogP contribution in [0.1, 0.15) is 58.8 Å². The van der Waals surface area contributed by atoms with Gasteiger partial charge in [-0.05, 0) is 63.8 Å². The highest BCUT2D eigenvalue weighted by atomic mass is 16.5. The lowest BCUT2D eigenvalue weighted by molar-refractivity contribution is -0.141. The van der Waals surface area contributed by atoms with Crippen LogP contribution < -0.4 is 9.64 Å². The molecule has 1 aromatic carbocycles. The summed E-state index contributed by atoms with van der Waals surface area (Å²) >= 11 is 0. The topological polar surface area (TPSA) is 53.1 Å². The maximum Gasteiger partial charge on any atom is 0.246 e. The van der Waals surface area contributed by atoms with E-state index in [0.29, 0.717) is 19.1 Å². The van der Waals surface area contributed by atoms with Crippen molar-refractivity contribution in [3.63, 3.8) is 0 Å². The Kier molecular flexibility index (Phi) is 7.16. The van der Waals surface area contributed by atoms with Gasteiger partial charge in [0.05, 0.1) is 0 Å². The molecule has 2 heterocycles. The van der Waals surface area contributed by atoms with E-state index in [1.807, 2.05) is 24.3 Å². The summed E-state index contributed by atoms with van der Waals surface area (Å²) in [4.78, 5) is 31.6. The first-order valence-corrected chi connectivity index (χ1v) is 12.1. The minimum atomic E-state index is 0.00475. The molecule has 1 aromatic rings. The number of rotatable bonds is 5. The van der Waals surface area contributed by atoms with Crippen molar-refractivity contribution in [2.75, 3.05) is 37.6 Å². The second-order valence-electron chi connectivity index (χ2n) is 9.58. The molecule has 6 heteroatoms. The average Bonchev–Trinajstić information content (AvgIpc) is 2.80. The van der Waals surface area contributed by atoms with Gasteiger partial charge in [-0.15, -0.1) is 0 Å². The monoisotopic (exact) mass is 427 g/mol. The molecule has 0 N–H and O–H groups in total. The molecule has 0 spiro atoms. The number of hydrogen-bond donors (Lipinski definition) is 0. The van der Waals surface area contributed by atoms with E-state index in [4.69, 9.17) is 4.74 Å². The van der Waals surface area contributed by atoms with E-state index in [1.54, 1.807) is 9.80 Å². The fourth-order valence-electron chi connectivity index (χ4n) is 5.15. The van der Waals surface area contributed by atoms with Gasteiger partial charge in [-0.25, -0.2) is 0 Å². The number of amides is 2. The number of nitrogens with zero attached hydrogens (tertiary/aromatic N) is 3. The molecular formula is C25H37N3O3. The molecule has 0 atom stereocenters. The molecule has 0 aromatic heterocycles. The van der Waals surface area contributed by atoms with E-state index in [-0.39, 0.29) is 30.4 Å². The second kappa shape index (κ2) is 10.0. The van der Waals surface area contributed by atoms with Gasteiger partial charge in [0.25, 0.3) is 0 Å². The molecule has 3 aliphatic rings. The second-order valence-corrected chi connectivity index (χ2v) is 9.58. The Morgan fingerprint density at radius 3 is 2.23 bits per heavy atom. The summed E-state index contributed by atoms with van der Waals surface area (Å²) in [5, 5.41) is 0. The number of ether oxygens (including phenoxy) is 1. The third-order valence-electron chi connectivity index (χ3n) is 7.14. The number of piperazine rings is 1. The van der Waals surface area contributed by atoms with Gasteiger partial charge in [0.2, 0.25) is 11.8 Å².